The molecule has 4 heteroatoms. The van der Waals surface area contributed by atoms with E-state index >= 15 is 0 Å². The van der Waals surface area contributed by atoms with Gasteiger partial charge in [0, 0.05) is 18.9 Å². The minimum Gasteiger partial charge on any atom is -0.289 e. The second kappa shape index (κ2) is 4.40. The van der Waals surface area contributed by atoms with Crippen molar-refractivity contribution in [2.75, 3.05) is 12.0 Å². The average molecular weight is 150 g/mol. The summed E-state index contributed by atoms with van der Waals surface area (Å²) >= 11 is 0. The lowest BCUT2D eigenvalue weighted by molar-refractivity contribution is 0.869. The van der Waals surface area contributed by atoms with Gasteiger partial charge in [0.15, 0.2) is 0 Å². The monoisotopic (exact) mass is 150 g/mol. The highest BCUT2D eigenvalue weighted by molar-refractivity contribution is 5.19. The molecule has 0 aliphatic rings. The molecule has 1 rings (SSSR count). The van der Waals surface area contributed by atoms with Crippen LogP contribution in [0.15, 0.2) is 31.1 Å². The van der Waals surface area contributed by atoms with Crippen LogP contribution in [0.25, 0.3) is 0 Å². The first kappa shape index (κ1) is 7.68. The Labute approximate surface area is 65.3 Å². The lowest BCUT2D eigenvalue weighted by atomic mass is 10.6. The Bertz CT molecular complexity index is 209. The lowest BCUT2D eigenvalue weighted by Gasteiger charge is -2.01. The number of anilines is 1. The van der Waals surface area contributed by atoms with E-state index in [1.807, 2.05) is 0 Å². The van der Waals surface area contributed by atoms with E-state index in [0.29, 0.717) is 12.5 Å². The lowest BCUT2D eigenvalue weighted by Crippen LogP contribution is -2.22. The zero-order valence-corrected chi connectivity index (χ0v) is 6.12. The van der Waals surface area contributed by atoms with Crippen molar-refractivity contribution in [1.82, 2.24) is 15.4 Å². The van der Waals surface area contributed by atoms with Gasteiger partial charge in [-0.05, 0) is 6.07 Å². The number of rotatable bonds is 4. The summed E-state index contributed by atoms with van der Waals surface area (Å²) in [6, 6.07) is 1.76. The molecule has 0 saturated carbocycles. The van der Waals surface area contributed by atoms with Crippen molar-refractivity contribution in [1.29, 1.82) is 0 Å². The minimum atomic E-state index is 0.564. The number of aromatic nitrogens is 2. The molecule has 58 valence electrons. The molecule has 2 N–H and O–H groups in total. The summed E-state index contributed by atoms with van der Waals surface area (Å²) in [5.41, 5.74) is 5.66. The van der Waals surface area contributed by atoms with Crippen LogP contribution in [0.5, 0.6) is 0 Å². The number of nitrogens with one attached hydrogen (secondary N) is 2. The summed E-state index contributed by atoms with van der Waals surface area (Å²) in [6.45, 7) is 4.23. The van der Waals surface area contributed by atoms with Gasteiger partial charge < -0.3 is 0 Å². The van der Waals surface area contributed by atoms with E-state index in [1.165, 1.54) is 0 Å². The Morgan fingerprint density at radius 3 is 2.82 bits per heavy atom. The van der Waals surface area contributed by atoms with Crippen LogP contribution >= 0.6 is 0 Å². The zero-order chi connectivity index (χ0) is 7.94. The second-order valence-electron chi connectivity index (χ2n) is 1.87. The molecule has 0 spiro atoms. The van der Waals surface area contributed by atoms with Crippen LogP contribution in [0.3, 0.4) is 0 Å². The van der Waals surface area contributed by atoms with Gasteiger partial charge in [-0.25, -0.2) is 15.4 Å². The fraction of sp³-hybridized carbons (Fsp3) is 0.143. The molecule has 11 heavy (non-hydrogen) atoms. The number of hydrogen-bond donors (Lipinski definition) is 2. The standard InChI is InChI=1S/C7H10N4/c1-2-4-10-11-7-8-5-3-6-9-7/h2-3,5-6,10H,1,4H2,(H,8,9,11). The first-order valence-corrected chi connectivity index (χ1v) is 3.30. The molecule has 0 radical (unpaired) electrons. The quantitative estimate of drug-likeness (QED) is 0.374. The third-order valence-electron chi connectivity index (χ3n) is 1.01. The summed E-state index contributed by atoms with van der Waals surface area (Å²) in [5, 5.41) is 0. The van der Waals surface area contributed by atoms with Gasteiger partial charge in [0.2, 0.25) is 5.95 Å². The van der Waals surface area contributed by atoms with Crippen LogP contribution < -0.4 is 10.9 Å². The molecule has 4 nitrogen and oxygen atoms in total. The number of nitrogens with zero attached hydrogens (tertiary/aromatic N) is 2. The van der Waals surface area contributed by atoms with E-state index < -0.39 is 0 Å². The minimum absolute atomic E-state index is 0.564. The van der Waals surface area contributed by atoms with E-state index in [2.05, 4.69) is 27.4 Å². The molecule has 1 aromatic rings. The topological polar surface area (TPSA) is 49.8 Å². The van der Waals surface area contributed by atoms with Crippen LogP contribution in [0, 0.1) is 0 Å². The van der Waals surface area contributed by atoms with Gasteiger partial charge in [0.25, 0.3) is 0 Å². The van der Waals surface area contributed by atoms with Crippen LogP contribution in [0.2, 0.25) is 0 Å². The summed E-state index contributed by atoms with van der Waals surface area (Å²) in [6.07, 6.45) is 5.09. The smallest absolute Gasteiger partial charge is 0.237 e. The maximum absolute atomic E-state index is 3.93. The van der Waals surface area contributed by atoms with Gasteiger partial charge in [0.1, 0.15) is 0 Å². The number of hydrazine groups is 1. The Morgan fingerprint density at radius 1 is 1.45 bits per heavy atom. The predicted molar refractivity (Wildman–Crippen MR) is 43.9 cm³/mol. The highest BCUT2D eigenvalue weighted by Gasteiger charge is 1.87. The van der Waals surface area contributed by atoms with Gasteiger partial charge in [0.05, 0.1) is 0 Å². The van der Waals surface area contributed by atoms with E-state index in [0.717, 1.165) is 0 Å². The molecule has 0 atom stereocenters. The third-order valence-corrected chi connectivity index (χ3v) is 1.01. The van der Waals surface area contributed by atoms with E-state index in [4.69, 9.17) is 0 Å². The molecule has 0 unspecified atom stereocenters. The van der Waals surface area contributed by atoms with Gasteiger partial charge in [-0.3, -0.25) is 5.43 Å². The molecule has 0 bridgehead atoms. The number of hydrogen-bond acceptors (Lipinski definition) is 4. The highest BCUT2D eigenvalue weighted by atomic mass is 15.4. The summed E-state index contributed by atoms with van der Waals surface area (Å²) < 4.78 is 0. The SMILES string of the molecule is C=CCNNc1ncccn1. The second-order valence-corrected chi connectivity index (χ2v) is 1.87. The van der Waals surface area contributed by atoms with Crippen molar-refractivity contribution in [2.45, 2.75) is 0 Å². The van der Waals surface area contributed by atoms with E-state index in [9.17, 15) is 0 Å². The van der Waals surface area contributed by atoms with Gasteiger partial charge in [-0.2, -0.15) is 0 Å². The molecule has 0 fully saturated rings. The summed E-state index contributed by atoms with van der Waals surface area (Å²) in [7, 11) is 0. The Hall–Kier alpha value is -1.42. The fourth-order valence-corrected chi connectivity index (χ4v) is 0.566. The van der Waals surface area contributed by atoms with Crippen molar-refractivity contribution in [3.63, 3.8) is 0 Å². The molecule has 0 amide bonds. The van der Waals surface area contributed by atoms with Crippen LogP contribution in [0.4, 0.5) is 5.95 Å². The third kappa shape index (κ3) is 2.77. The van der Waals surface area contributed by atoms with Gasteiger partial charge >= 0.3 is 0 Å². The van der Waals surface area contributed by atoms with Crippen LogP contribution in [-0.2, 0) is 0 Å². The van der Waals surface area contributed by atoms with Crippen molar-refractivity contribution < 1.29 is 0 Å². The molecule has 0 saturated heterocycles. The highest BCUT2D eigenvalue weighted by Crippen LogP contribution is 1.89. The first-order chi connectivity index (χ1) is 5.43. The van der Waals surface area contributed by atoms with Crippen molar-refractivity contribution in [3.8, 4) is 0 Å². The molecule has 0 aliphatic heterocycles. The zero-order valence-electron chi connectivity index (χ0n) is 6.12. The molecular weight excluding hydrogens is 140 g/mol. The van der Waals surface area contributed by atoms with Crippen molar-refractivity contribution >= 4 is 5.95 Å². The largest absolute Gasteiger partial charge is 0.289 e. The van der Waals surface area contributed by atoms with Crippen LogP contribution in [0.1, 0.15) is 0 Å². The maximum Gasteiger partial charge on any atom is 0.237 e. The average Bonchev–Trinajstić information content (AvgIpc) is 2.07. The van der Waals surface area contributed by atoms with Crippen molar-refractivity contribution in [3.05, 3.63) is 31.1 Å². The van der Waals surface area contributed by atoms with E-state index in [1.54, 1.807) is 24.5 Å². The van der Waals surface area contributed by atoms with Gasteiger partial charge in [-0.1, -0.05) is 6.08 Å². The molecule has 0 aromatic carbocycles. The fourth-order valence-electron chi connectivity index (χ4n) is 0.566. The predicted octanol–water partition coefficient (Wildman–Crippen LogP) is 0.579. The molecular formula is C7H10N4. The van der Waals surface area contributed by atoms with Crippen molar-refractivity contribution in [2.24, 2.45) is 0 Å². The summed E-state index contributed by atoms with van der Waals surface area (Å²) in [5.74, 6) is 0.564. The Balaban J connectivity index is 2.33. The summed E-state index contributed by atoms with van der Waals surface area (Å²) in [4.78, 5) is 7.86. The van der Waals surface area contributed by atoms with Gasteiger partial charge in [-0.15, -0.1) is 6.58 Å². The van der Waals surface area contributed by atoms with E-state index in [-0.39, 0.29) is 0 Å². The maximum atomic E-state index is 3.93. The molecule has 1 heterocycles. The first-order valence-electron chi connectivity index (χ1n) is 3.30. The Kier molecular flexibility index (Phi) is 3.08. The molecule has 0 aliphatic carbocycles. The molecule has 1 aromatic heterocycles. The Morgan fingerprint density at radius 2 is 2.18 bits per heavy atom. The van der Waals surface area contributed by atoms with Crippen LogP contribution in [-0.4, -0.2) is 16.5 Å². The normalized spacial score (nSPS) is 9.09.